The molecular formula is C14H15ClO. The predicted octanol–water partition coefficient (Wildman–Crippen LogP) is 3.46. The van der Waals surface area contributed by atoms with E-state index in [1.165, 1.54) is 12.8 Å². The van der Waals surface area contributed by atoms with Crippen LogP contribution in [0.1, 0.15) is 24.8 Å². The van der Waals surface area contributed by atoms with Crippen LogP contribution in [0.15, 0.2) is 24.3 Å². The van der Waals surface area contributed by atoms with Gasteiger partial charge in [-0.3, -0.25) is 0 Å². The summed E-state index contributed by atoms with van der Waals surface area (Å²) in [5, 5.41) is 0. The fourth-order valence-electron chi connectivity index (χ4n) is 1.39. The number of halogens is 1. The van der Waals surface area contributed by atoms with Gasteiger partial charge in [0.05, 0.1) is 12.2 Å². The smallest absolute Gasteiger partial charge is 0.134 e. The minimum absolute atomic E-state index is 0.581. The van der Waals surface area contributed by atoms with Gasteiger partial charge in [-0.15, -0.1) is 11.6 Å². The molecule has 0 spiro atoms. The molecule has 0 heterocycles. The Kier molecular flexibility index (Phi) is 4.13. The molecule has 1 aromatic rings. The van der Waals surface area contributed by atoms with Crippen LogP contribution in [0, 0.1) is 17.8 Å². The summed E-state index contributed by atoms with van der Waals surface area (Å²) < 4.78 is 5.76. The number of ether oxygens (including phenoxy) is 1. The maximum atomic E-state index is 5.76. The molecule has 1 fully saturated rings. The Morgan fingerprint density at radius 3 is 2.88 bits per heavy atom. The molecule has 0 aromatic heterocycles. The van der Waals surface area contributed by atoms with E-state index in [4.69, 9.17) is 16.3 Å². The highest BCUT2D eigenvalue weighted by Crippen LogP contribution is 2.30. The van der Waals surface area contributed by atoms with E-state index in [2.05, 4.69) is 11.8 Å². The number of hydrogen-bond acceptors (Lipinski definition) is 1. The number of benzene rings is 1. The summed E-state index contributed by atoms with van der Waals surface area (Å²) in [6, 6.07) is 7.93. The molecule has 84 valence electrons. The lowest BCUT2D eigenvalue weighted by atomic mass is 10.2. The first-order valence-electron chi connectivity index (χ1n) is 5.67. The molecule has 16 heavy (non-hydrogen) atoms. The van der Waals surface area contributed by atoms with Crippen molar-refractivity contribution < 1.29 is 4.74 Å². The van der Waals surface area contributed by atoms with Crippen molar-refractivity contribution in [1.82, 2.24) is 0 Å². The van der Waals surface area contributed by atoms with E-state index in [1.807, 2.05) is 24.3 Å². The lowest BCUT2D eigenvalue weighted by molar-refractivity contribution is 0.299. The van der Waals surface area contributed by atoms with E-state index in [0.29, 0.717) is 5.88 Å². The maximum absolute atomic E-state index is 5.76. The molecule has 0 saturated heterocycles. The molecule has 1 aliphatic carbocycles. The second kappa shape index (κ2) is 5.82. The van der Waals surface area contributed by atoms with E-state index >= 15 is 0 Å². The Balaban J connectivity index is 2.01. The minimum Gasteiger partial charge on any atom is -0.492 e. The quantitative estimate of drug-likeness (QED) is 0.573. The van der Waals surface area contributed by atoms with Gasteiger partial charge in [0.1, 0.15) is 5.75 Å². The lowest BCUT2D eigenvalue weighted by Crippen LogP contribution is -2.00. The van der Waals surface area contributed by atoms with Crippen LogP contribution in [-0.4, -0.2) is 12.5 Å². The van der Waals surface area contributed by atoms with Crippen LogP contribution in [0.2, 0.25) is 0 Å². The molecule has 0 aliphatic heterocycles. The van der Waals surface area contributed by atoms with Crippen molar-refractivity contribution in [3.05, 3.63) is 29.8 Å². The first kappa shape index (κ1) is 11.4. The molecule has 2 rings (SSSR count). The van der Waals surface area contributed by atoms with Gasteiger partial charge in [0.2, 0.25) is 0 Å². The topological polar surface area (TPSA) is 9.23 Å². The summed E-state index contributed by atoms with van der Waals surface area (Å²) in [5.74, 6) is 8.38. The highest BCUT2D eigenvalue weighted by atomic mass is 35.5. The van der Waals surface area contributed by atoms with E-state index in [-0.39, 0.29) is 0 Å². The monoisotopic (exact) mass is 234 g/mol. The number of hydrogen-bond donors (Lipinski definition) is 0. The molecule has 1 aliphatic rings. The van der Waals surface area contributed by atoms with Crippen LogP contribution in [-0.2, 0) is 0 Å². The largest absolute Gasteiger partial charge is 0.492 e. The molecule has 2 heteroatoms. The molecule has 1 saturated carbocycles. The molecule has 0 atom stereocenters. The van der Waals surface area contributed by atoms with E-state index in [0.717, 1.165) is 30.3 Å². The second-order valence-electron chi connectivity index (χ2n) is 3.99. The number of rotatable bonds is 4. The van der Waals surface area contributed by atoms with Crippen molar-refractivity contribution in [3.63, 3.8) is 0 Å². The second-order valence-corrected chi connectivity index (χ2v) is 4.37. The fourth-order valence-corrected chi connectivity index (χ4v) is 1.49. The molecule has 0 amide bonds. The van der Waals surface area contributed by atoms with Gasteiger partial charge in [0.15, 0.2) is 0 Å². The van der Waals surface area contributed by atoms with E-state index in [1.54, 1.807) is 0 Å². The van der Waals surface area contributed by atoms with Gasteiger partial charge < -0.3 is 4.74 Å². The number of para-hydroxylation sites is 1. The van der Waals surface area contributed by atoms with Crippen LogP contribution in [0.25, 0.3) is 0 Å². The molecule has 0 N–H and O–H groups in total. The van der Waals surface area contributed by atoms with Gasteiger partial charge in [-0.2, -0.15) is 0 Å². The Hall–Kier alpha value is -1.13. The highest BCUT2D eigenvalue weighted by molar-refractivity contribution is 6.18. The Labute approximate surface area is 102 Å². The van der Waals surface area contributed by atoms with Crippen molar-refractivity contribution in [1.29, 1.82) is 0 Å². The van der Waals surface area contributed by atoms with Crippen molar-refractivity contribution >= 4 is 11.6 Å². The van der Waals surface area contributed by atoms with Gasteiger partial charge in [-0.05, 0) is 30.9 Å². The summed E-state index contributed by atoms with van der Waals surface area (Å²) in [5.41, 5.74) is 0.966. The van der Waals surface area contributed by atoms with E-state index < -0.39 is 0 Å². The zero-order valence-electron chi connectivity index (χ0n) is 9.21. The molecule has 1 aromatic carbocycles. The molecule has 0 bridgehead atoms. The van der Waals surface area contributed by atoms with E-state index in [9.17, 15) is 0 Å². The summed E-state index contributed by atoms with van der Waals surface area (Å²) in [6.45, 7) is 0.828. The molecular weight excluding hydrogens is 220 g/mol. The molecule has 0 radical (unpaired) electrons. The van der Waals surface area contributed by atoms with Crippen molar-refractivity contribution in [2.75, 3.05) is 12.5 Å². The molecule has 0 unspecified atom stereocenters. The zero-order chi connectivity index (χ0) is 11.2. The van der Waals surface area contributed by atoms with Gasteiger partial charge >= 0.3 is 0 Å². The molecule has 1 nitrogen and oxygen atoms in total. The average Bonchev–Trinajstić information content (AvgIpc) is 3.12. The third-order valence-electron chi connectivity index (χ3n) is 2.50. The summed E-state index contributed by atoms with van der Waals surface area (Å²) in [6.07, 6.45) is 3.33. The van der Waals surface area contributed by atoms with Crippen LogP contribution in [0.5, 0.6) is 5.75 Å². The third kappa shape index (κ3) is 3.47. The predicted molar refractivity (Wildman–Crippen MR) is 66.9 cm³/mol. The zero-order valence-corrected chi connectivity index (χ0v) is 9.96. The van der Waals surface area contributed by atoms with Gasteiger partial charge in [-0.1, -0.05) is 24.0 Å². The summed E-state index contributed by atoms with van der Waals surface area (Å²) in [4.78, 5) is 0. The van der Waals surface area contributed by atoms with Gasteiger partial charge in [0.25, 0.3) is 0 Å². The normalized spacial score (nSPS) is 14.1. The van der Waals surface area contributed by atoms with Crippen LogP contribution in [0.4, 0.5) is 0 Å². The lowest BCUT2D eigenvalue weighted by Gasteiger charge is -2.06. The minimum atomic E-state index is 0.581. The van der Waals surface area contributed by atoms with Crippen LogP contribution in [0.3, 0.4) is 0 Å². The Bertz CT molecular complexity index is 399. The first-order chi connectivity index (χ1) is 7.90. The van der Waals surface area contributed by atoms with Crippen molar-refractivity contribution in [3.8, 4) is 17.6 Å². The van der Waals surface area contributed by atoms with Crippen LogP contribution >= 0.6 is 11.6 Å². The van der Waals surface area contributed by atoms with Gasteiger partial charge in [0, 0.05) is 12.3 Å². The first-order valence-corrected chi connectivity index (χ1v) is 6.20. The SMILES string of the molecule is ClCCC#Cc1ccccc1OCC1CC1. The Morgan fingerprint density at radius 1 is 1.31 bits per heavy atom. The van der Waals surface area contributed by atoms with Crippen molar-refractivity contribution in [2.45, 2.75) is 19.3 Å². The average molecular weight is 235 g/mol. The fraction of sp³-hybridized carbons (Fsp3) is 0.429. The third-order valence-corrected chi connectivity index (χ3v) is 2.69. The summed E-state index contributed by atoms with van der Waals surface area (Å²) in [7, 11) is 0. The maximum Gasteiger partial charge on any atom is 0.134 e. The Morgan fingerprint density at radius 2 is 2.12 bits per heavy atom. The standard InChI is InChI=1S/C14H15ClO/c15-10-4-3-6-13-5-1-2-7-14(13)16-11-12-8-9-12/h1-2,5,7,12H,4,8-11H2. The number of alkyl halides is 1. The highest BCUT2D eigenvalue weighted by Gasteiger charge is 2.22. The summed E-state index contributed by atoms with van der Waals surface area (Å²) >= 11 is 5.58. The van der Waals surface area contributed by atoms with Gasteiger partial charge in [-0.25, -0.2) is 0 Å². The van der Waals surface area contributed by atoms with Crippen LogP contribution < -0.4 is 4.74 Å². The van der Waals surface area contributed by atoms with Crippen molar-refractivity contribution in [2.24, 2.45) is 5.92 Å².